The van der Waals surface area contributed by atoms with Gasteiger partial charge in [-0.05, 0) is 83.2 Å². The second kappa shape index (κ2) is 11.7. The molecular formula is C47H42N3O+. The van der Waals surface area contributed by atoms with Crippen LogP contribution < -0.4 is 4.57 Å². The molecule has 51 heavy (non-hydrogen) atoms. The Morgan fingerprint density at radius 3 is 2.08 bits per heavy atom. The van der Waals surface area contributed by atoms with Gasteiger partial charge in [-0.2, -0.15) is 4.57 Å². The average Bonchev–Trinajstić information content (AvgIpc) is 3.68. The second-order valence-corrected chi connectivity index (χ2v) is 14.4. The molecule has 4 heteroatoms. The fourth-order valence-electron chi connectivity index (χ4n) is 8.20. The Bertz CT molecular complexity index is 2920. The number of rotatable bonds is 5. The Hall–Kier alpha value is -5.74. The fourth-order valence-corrected chi connectivity index (χ4v) is 8.20. The first-order valence-corrected chi connectivity index (χ1v) is 17.8. The number of hydrogen-bond acceptors (Lipinski definition) is 2. The number of imidazole rings is 1. The molecule has 0 aliphatic carbocycles. The molecule has 0 fully saturated rings. The molecule has 0 radical (unpaired) electrons. The highest BCUT2D eigenvalue weighted by Gasteiger charge is 2.35. The van der Waals surface area contributed by atoms with E-state index in [4.69, 9.17) is 13.5 Å². The van der Waals surface area contributed by atoms with E-state index in [0.717, 1.165) is 55.0 Å². The molecule has 3 aromatic heterocycles. The number of furan rings is 1. The van der Waals surface area contributed by atoms with Crippen LogP contribution in [0.5, 0.6) is 0 Å². The molecule has 3 heterocycles. The van der Waals surface area contributed by atoms with Gasteiger partial charge in [0.15, 0.2) is 16.6 Å². The van der Waals surface area contributed by atoms with E-state index in [1.54, 1.807) is 0 Å². The van der Waals surface area contributed by atoms with Crippen molar-refractivity contribution in [2.45, 2.75) is 53.3 Å². The molecule has 0 amide bonds. The third kappa shape index (κ3) is 4.66. The van der Waals surface area contributed by atoms with Gasteiger partial charge in [0.1, 0.15) is 16.8 Å². The quantitative estimate of drug-likeness (QED) is 0.135. The number of benzene rings is 6. The molecule has 0 saturated carbocycles. The lowest BCUT2D eigenvalue weighted by atomic mass is 9.88. The van der Waals surface area contributed by atoms with Crippen LogP contribution in [0.1, 0.15) is 66.2 Å². The minimum absolute atomic E-state index is 0.0559. The predicted molar refractivity (Wildman–Crippen MR) is 213 cm³/mol. The number of fused-ring (bicyclic) bond motifs is 8. The summed E-state index contributed by atoms with van der Waals surface area (Å²) in [5.74, 6) is 1.28. The summed E-state index contributed by atoms with van der Waals surface area (Å²) in [5, 5.41) is 5.43. The maximum atomic E-state index is 8.70. The summed E-state index contributed by atoms with van der Waals surface area (Å²) in [4.78, 5) is 4.98. The number of hydrogen-bond donors (Lipinski definition) is 0. The highest BCUT2D eigenvalue weighted by Crippen LogP contribution is 2.45. The van der Waals surface area contributed by atoms with Crippen molar-refractivity contribution in [1.29, 1.82) is 0 Å². The molecule has 0 aliphatic heterocycles. The number of para-hydroxylation sites is 2. The van der Waals surface area contributed by atoms with E-state index < -0.39 is 6.85 Å². The van der Waals surface area contributed by atoms with Crippen LogP contribution >= 0.6 is 0 Å². The zero-order chi connectivity index (χ0) is 37.6. The van der Waals surface area contributed by atoms with Gasteiger partial charge < -0.3 is 4.42 Å². The first kappa shape index (κ1) is 28.0. The minimum Gasteiger partial charge on any atom is -0.454 e. The van der Waals surface area contributed by atoms with Gasteiger partial charge in [-0.1, -0.05) is 113 Å². The van der Waals surface area contributed by atoms with Crippen LogP contribution in [0.3, 0.4) is 0 Å². The molecule has 9 rings (SSSR count). The summed E-state index contributed by atoms with van der Waals surface area (Å²) >= 11 is 0. The van der Waals surface area contributed by atoms with Gasteiger partial charge in [-0.3, -0.25) is 4.98 Å². The number of aromatic nitrogens is 3. The number of aryl methyl sites for hydroxylation is 3. The summed E-state index contributed by atoms with van der Waals surface area (Å²) in [7, 11) is 2.09. The van der Waals surface area contributed by atoms with E-state index in [0.29, 0.717) is 22.2 Å². The molecule has 9 aromatic rings. The third-order valence-electron chi connectivity index (χ3n) is 10.6. The maximum Gasteiger partial charge on any atom is 0.300 e. The molecule has 0 bridgehead atoms. The highest BCUT2D eigenvalue weighted by atomic mass is 16.3. The van der Waals surface area contributed by atoms with Crippen molar-refractivity contribution >= 4 is 54.5 Å². The molecule has 0 unspecified atom stereocenters. The monoisotopic (exact) mass is 667 g/mol. The minimum atomic E-state index is -2.47. The summed E-state index contributed by atoms with van der Waals surface area (Å²) in [6, 6.07) is 40.3. The summed E-state index contributed by atoms with van der Waals surface area (Å²) in [6.45, 7) is 8.48. The summed E-state index contributed by atoms with van der Waals surface area (Å²) in [5.41, 5.74) is 10.7. The van der Waals surface area contributed by atoms with E-state index in [-0.39, 0.29) is 17.5 Å². The van der Waals surface area contributed by atoms with Crippen LogP contribution in [0.15, 0.2) is 120 Å². The van der Waals surface area contributed by atoms with Gasteiger partial charge in [0, 0.05) is 31.7 Å². The van der Waals surface area contributed by atoms with Gasteiger partial charge in [-0.15, -0.1) is 0 Å². The number of pyridine rings is 1. The van der Waals surface area contributed by atoms with Gasteiger partial charge >= 0.3 is 5.82 Å². The Morgan fingerprint density at radius 2 is 1.33 bits per heavy atom. The van der Waals surface area contributed by atoms with Crippen molar-refractivity contribution in [3.05, 3.63) is 138 Å². The number of nitrogens with zero attached hydrogens (tertiary/aromatic N) is 3. The van der Waals surface area contributed by atoms with Gasteiger partial charge in [-0.25, -0.2) is 4.57 Å². The second-order valence-electron chi connectivity index (χ2n) is 14.4. The van der Waals surface area contributed by atoms with Gasteiger partial charge in [0.2, 0.25) is 0 Å². The van der Waals surface area contributed by atoms with Crippen LogP contribution in [0, 0.1) is 13.8 Å². The van der Waals surface area contributed by atoms with E-state index in [1.807, 2.05) is 25.1 Å². The molecule has 0 atom stereocenters. The molecule has 0 N–H and O–H groups in total. The van der Waals surface area contributed by atoms with Crippen LogP contribution in [0.25, 0.3) is 82.7 Å². The van der Waals surface area contributed by atoms with Crippen LogP contribution in [0.4, 0.5) is 0 Å². The van der Waals surface area contributed by atoms with Gasteiger partial charge in [0.05, 0.1) is 18.1 Å². The lowest BCUT2D eigenvalue weighted by molar-refractivity contribution is -0.633. The Kier molecular flexibility index (Phi) is 6.41. The average molecular weight is 668 g/mol. The lowest BCUT2D eigenvalue weighted by Crippen LogP contribution is -2.31. The largest absolute Gasteiger partial charge is 0.454 e. The Morgan fingerprint density at radius 1 is 0.667 bits per heavy atom. The van der Waals surface area contributed by atoms with Crippen molar-refractivity contribution in [2.75, 3.05) is 0 Å². The third-order valence-corrected chi connectivity index (χ3v) is 10.6. The fraction of sp³-hybridized carbons (Fsp3) is 0.191. The molecule has 0 aliphatic rings. The van der Waals surface area contributed by atoms with Crippen LogP contribution in [-0.2, 0) is 7.05 Å². The first-order chi connectivity index (χ1) is 25.9. The van der Waals surface area contributed by atoms with Crippen LogP contribution in [0.2, 0.25) is 0 Å². The van der Waals surface area contributed by atoms with E-state index >= 15 is 0 Å². The van der Waals surface area contributed by atoms with E-state index in [2.05, 4.69) is 141 Å². The van der Waals surface area contributed by atoms with Crippen molar-refractivity contribution in [1.82, 2.24) is 9.55 Å². The molecule has 250 valence electrons. The molecule has 6 aromatic carbocycles. The Labute approximate surface area is 302 Å². The van der Waals surface area contributed by atoms with Crippen molar-refractivity contribution in [2.24, 2.45) is 7.05 Å². The molecule has 0 saturated heterocycles. The molecule has 0 spiro atoms. The Balaban J connectivity index is 1.48. The topological polar surface area (TPSA) is 34.8 Å². The summed E-state index contributed by atoms with van der Waals surface area (Å²) in [6.07, 6.45) is 0. The highest BCUT2D eigenvalue weighted by molar-refractivity contribution is 6.24. The smallest absolute Gasteiger partial charge is 0.300 e. The predicted octanol–water partition coefficient (Wildman–Crippen LogP) is 12.3. The van der Waals surface area contributed by atoms with E-state index in [1.165, 1.54) is 22.3 Å². The normalized spacial score (nSPS) is 13.3. The van der Waals surface area contributed by atoms with Gasteiger partial charge in [0.25, 0.3) is 0 Å². The molecule has 4 nitrogen and oxygen atoms in total. The van der Waals surface area contributed by atoms with Crippen molar-refractivity contribution in [3.8, 4) is 28.2 Å². The zero-order valence-electron chi connectivity index (χ0n) is 32.9. The van der Waals surface area contributed by atoms with Crippen molar-refractivity contribution < 1.29 is 13.1 Å². The molecular weight excluding hydrogens is 623 g/mol. The zero-order valence-corrected chi connectivity index (χ0v) is 29.9. The first-order valence-electron chi connectivity index (χ1n) is 19.3. The van der Waals surface area contributed by atoms with Crippen molar-refractivity contribution in [3.63, 3.8) is 0 Å². The lowest BCUT2D eigenvalue weighted by Gasteiger charge is -2.21. The van der Waals surface area contributed by atoms with E-state index in [9.17, 15) is 0 Å². The van der Waals surface area contributed by atoms with Crippen LogP contribution in [-0.4, -0.2) is 9.55 Å². The maximum absolute atomic E-state index is 8.70. The summed E-state index contributed by atoms with van der Waals surface area (Å²) < 4.78 is 37.8. The standard InChI is InChI=1S/C47H42N3O/c1-27(2)37-25-34(31-15-9-8-10-16-31)26-38(28(3)4)44(37)50-40-20-14-13-19-39(40)49(7)47(50)42-30(6)48-29(5)41-36-24-23-33-22-21-32-17-11-12-18-35(32)43(33)45(36)51-46(41)42/h8-28H,1-7H3/q+1/i5D3. The SMILES string of the molecule is [2H]C([2H])([2H])c1nc(C)c(-c2n(-c3c(C(C)C)cc(-c4ccccc4)cc3C(C)C)c3ccccc3[n+]2C)c2oc3c(ccc4ccc5ccccc5c43)c12.